The molecule has 0 atom stereocenters. The lowest BCUT2D eigenvalue weighted by Crippen LogP contribution is -1.98. The van der Waals surface area contributed by atoms with E-state index in [1.165, 1.54) is 6.07 Å². The van der Waals surface area contributed by atoms with Gasteiger partial charge in [-0.15, -0.1) is 0 Å². The van der Waals surface area contributed by atoms with Crippen molar-refractivity contribution in [1.82, 2.24) is 0 Å². The van der Waals surface area contributed by atoms with Gasteiger partial charge in [-0.25, -0.2) is 8.78 Å². The summed E-state index contributed by atoms with van der Waals surface area (Å²) in [6.45, 7) is 0. The van der Waals surface area contributed by atoms with Crippen LogP contribution in [0.2, 0.25) is 5.02 Å². The predicted octanol–water partition coefficient (Wildman–Crippen LogP) is 3.79. The lowest BCUT2D eigenvalue weighted by molar-refractivity contribution is -0.386. The number of nitrogens with zero attached hydrogens (tertiary/aromatic N) is 1. The first-order chi connectivity index (χ1) is 6.43. The van der Waals surface area contributed by atoms with Crippen molar-refractivity contribution in [2.24, 2.45) is 0 Å². The third-order valence-corrected chi connectivity index (χ3v) is 2.60. The third kappa shape index (κ3) is 2.30. The second-order valence-corrected chi connectivity index (χ2v) is 3.98. The second kappa shape index (κ2) is 4.35. The molecule has 76 valence electrons. The Balaban J connectivity index is 3.44. The molecule has 1 aromatic carbocycles. The molecule has 14 heavy (non-hydrogen) atoms. The minimum Gasteiger partial charge on any atom is -0.258 e. The maximum Gasteiger partial charge on any atom is 0.280 e. The van der Waals surface area contributed by atoms with Crippen molar-refractivity contribution < 1.29 is 13.7 Å². The fraction of sp³-hybridized carbons (Fsp3) is 0.143. The lowest BCUT2D eigenvalue weighted by Gasteiger charge is -2.04. The van der Waals surface area contributed by atoms with Crippen LogP contribution < -0.4 is 0 Å². The smallest absolute Gasteiger partial charge is 0.258 e. The minimum absolute atomic E-state index is 0.0745. The van der Waals surface area contributed by atoms with Crippen LogP contribution in [-0.2, 0) is 0 Å². The highest BCUT2D eigenvalue weighted by Crippen LogP contribution is 2.35. The standard InChI is InChI=1S/C7H3ClF2INO2/c8-3-1-4(11)6(7(9)10)5(2-3)12(13)14/h1-2,7H. The van der Waals surface area contributed by atoms with Crippen LogP contribution in [0.3, 0.4) is 0 Å². The fourth-order valence-corrected chi connectivity index (χ4v) is 2.18. The van der Waals surface area contributed by atoms with Crippen LogP contribution >= 0.6 is 34.2 Å². The fourth-order valence-electron chi connectivity index (χ4n) is 0.938. The molecule has 0 aliphatic carbocycles. The van der Waals surface area contributed by atoms with E-state index in [1.54, 1.807) is 22.6 Å². The van der Waals surface area contributed by atoms with Gasteiger partial charge in [-0.3, -0.25) is 10.1 Å². The van der Waals surface area contributed by atoms with Gasteiger partial charge in [-0.2, -0.15) is 0 Å². The molecule has 0 saturated heterocycles. The number of benzene rings is 1. The third-order valence-electron chi connectivity index (χ3n) is 1.49. The Hall–Kier alpha value is -0.500. The van der Waals surface area contributed by atoms with Gasteiger partial charge in [0.2, 0.25) is 0 Å². The van der Waals surface area contributed by atoms with Gasteiger partial charge >= 0.3 is 0 Å². The molecule has 0 aliphatic rings. The summed E-state index contributed by atoms with van der Waals surface area (Å²) >= 11 is 7.11. The average Bonchev–Trinajstić information content (AvgIpc) is 2.01. The van der Waals surface area contributed by atoms with E-state index in [2.05, 4.69) is 0 Å². The summed E-state index contributed by atoms with van der Waals surface area (Å²) in [6, 6.07) is 2.18. The number of nitro groups is 1. The number of hydrogen-bond donors (Lipinski definition) is 0. The maximum atomic E-state index is 12.4. The Morgan fingerprint density at radius 2 is 2.07 bits per heavy atom. The van der Waals surface area contributed by atoms with Crippen LogP contribution in [0.5, 0.6) is 0 Å². The summed E-state index contributed by atoms with van der Waals surface area (Å²) in [7, 11) is 0. The van der Waals surface area contributed by atoms with Gasteiger partial charge < -0.3 is 0 Å². The van der Waals surface area contributed by atoms with Gasteiger partial charge in [0.05, 0.1) is 4.92 Å². The van der Waals surface area contributed by atoms with Crippen LogP contribution in [0.25, 0.3) is 0 Å². The molecule has 0 N–H and O–H groups in total. The molecule has 0 radical (unpaired) electrons. The Morgan fingerprint density at radius 1 is 1.50 bits per heavy atom. The quantitative estimate of drug-likeness (QED) is 0.469. The number of hydrogen-bond acceptors (Lipinski definition) is 2. The molecular formula is C7H3ClF2INO2. The van der Waals surface area contributed by atoms with Crippen molar-refractivity contribution in [3.63, 3.8) is 0 Å². The molecule has 7 heteroatoms. The van der Waals surface area contributed by atoms with E-state index in [1.807, 2.05) is 0 Å². The molecule has 0 amide bonds. The maximum absolute atomic E-state index is 12.4. The largest absolute Gasteiger partial charge is 0.280 e. The Kier molecular flexibility index (Phi) is 3.59. The monoisotopic (exact) mass is 333 g/mol. The summed E-state index contributed by atoms with van der Waals surface area (Å²) in [5.74, 6) is 0. The SMILES string of the molecule is O=[N+]([O-])c1cc(Cl)cc(I)c1C(F)F. The molecule has 0 spiro atoms. The number of rotatable bonds is 2. The van der Waals surface area contributed by atoms with Crippen LogP contribution in [0.15, 0.2) is 12.1 Å². The van der Waals surface area contributed by atoms with Gasteiger partial charge in [0, 0.05) is 14.7 Å². The first-order valence-corrected chi connectivity index (χ1v) is 4.80. The van der Waals surface area contributed by atoms with Crippen molar-refractivity contribution in [1.29, 1.82) is 0 Å². The molecule has 0 fully saturated rings. The van der Waals surface area contributed by atoms with Crippen molar-refractivity contribution >= 4 is 39.9 Å². The van der Waals surface area contributed by atoms with Gasteiger partial charge in [-0.1, -0.05) is 11.6 Å². The van der Waals surface area contributed by atoms with E-state index in [-0.39, 0.29) is 8.59 Å². The van der Waals surface area contributed by atoms with Crippen molar-refractivity contribution in [3.8, 4) is 0 Å². The van der Waals surface area contributed by atoms with E-state index in [9.17, 15) is 18.9 Å². The Bertz CT molecular complexity index is 386. The average molecular weight is 333 g/mol. The van der Waals surface area contributed by atoms with Crippen molar-refractivity contribution in [2.75, 3.05) is 0 Å². The van der Waals surface area contributed by atoms with E-state index in [0.717, 1.165) is 6.07 Å². The lowest BCUT2D eigenvalue weighted by atomic mass is 10.2. The van der Waals surface area contributed by atoms with Gasteiger partial charge in [0.25, 0.3) is 12.1 Å². The summed E-state index contributed by atoms with van der Waals surface area (Å²) in [6.07, 6.45) is -2.88. The Morgan fingerprint density at radius 3 is 2.50 bits per heavy atom. The molecule has 0 aliphatic heterocycles. The minimum atomic E-state index is -2.88. The molecule has 0 heterocycles. The van der Waals surface area contributed by atoms with Gasteiger partial charge in [0.15, 0.2) is 0 Å². The number of alkyl halides is 2. The molecule has 0 bridgehead atoms. The normalized spacial score (nSPS) is 10.6. The van der Waals surface area contributed by atoms with Crippen LogP contribution in [0.4, 0.5) is 14.5 Å². The number of halogens is 4. The topological polar surface area (TPSA) is 43.1 Å². The number of nitro benzene ring substituents is 1. The Labute approximate surface area is 96.3 Å². The predicted molar refractivity (Wildman–Crippen MR) is 55.8 cm³/mol. The first-order valence-electron chi connectivity index (χ1n) is 3.35. The van der Waals surface area contributed by atoms with E-state index in [0.29, 0.717) is 0 Å². The summed E-state index contributed by atoms with van der Waals surface area (Å²) < 4.78 is 25.0. The molecule has 0 saturated carbocycles. The van der Waals surface area contributed by atoms with E-state index in [4.69, 9.17) is 11.6 Å². The highest BCUT2D eigenvalue weighted by molar-refractivity contribution is 14.1. The summed E-state index contributed by atoms with van der Waals surface area (Å²) in [5.41, 5.74) is -1.23. The molecule has 1 aromatic rings. The summed E-state index contributed by atoms with van der Waals surface area (Å²) in [4.78, 5) is 9.58. The molecule has 3 nitrogen and oxygen atoms in total. The highest BCUT2D eigenvalue weighted by Gasteiger charge is 2.25. The second-order valence-electron chi connectivity index (χ2n) is 2.38. The van der Waals surface area contributed by atoms with Crippen LogP contribution in [-0.4, -0.2) is 4.92 Å². The molecule has 0 aromatic heterocycles. The van der Waals surface area contributed by atoms with E-state index < -0.39 is 22.6 Å². The zero-order valence-electron chi connectivity index (χ0n) is 6.51. The molecular weight excluding hydrogens is 330 g/mol. The van der Waals surface area contributed by atoms with Gasteiger partial charge in [-0.05, 0) is 28.7 Å². The van der Waals surface area contributed by atoms with Crippen molar-refractivity contribution in [3.05, 3.63) is 36.4 Å². The highest BCUT2D eigenvalue weighted by atomic mass is 127. The van der Waals surface area contributed by atoms with Crippen molar-refractivity contribution in [2.45, 2.75) is 6.43 Å². The van der Waals surface area contributed by atoms with E-state index >= 15 is 0 Å². The zero-order valence-corrected chi connectivity index (χ0v) is 9.42. The summed E-state index contributed by atoms with van der Waals surface area (Å²) in [5, 5.41) is 10.5. The molecule has 1 rings (SSSR count). The van der Waals surface area contributed by atoms with Gasteiger partial charge in [0.1, 0.15) is 5.56 Å². The van der Waals surface area contributed by atoms with Crippen LogP contribution in [0.1, 0.15) is 12.0 Å². The molecule has 0 unspecified atom stereocenters. The first kappa shape index (κ1) is 11.6. The zero-order chi connectivity index (χ0) is 10.9. The van der Waals surface area contributed by atoms with Crippen LogP contribution in [0, 0.1) is 13.7 Å².